The second-order valence-electron chi connectivity index (χ2n) is 17.0. The Labute approximate surface area is 345 Å². The fraction of sp³-hybridized carbons (Fsp3) is 0.447. The number of aliphatic hydroxyl groups excluding tert-OH is 1. The average molecular weight is 807 g/mol. The van der Waals surface area contributed by atoms with Gasteiger partial charge in [0.05, 0.1) is 18.2 Å². The standard InChI is InChI=1S/C47H54N2O10/c1-46(2,3)58-41(52)22-21-37(28-50)49-44(54)32-14-8-11-30(24-32)27-48-43(53)34-25-39(42-40(26-34)57-47(59-42,35-17-18-35)36-19-20-36)56-45(55)33-15-7-10-29(23-33)9-6-13-31-12-4-5-16-38(31)51/h4-12,14-16,23-24,26,35-37,39-40,42,50-51H,13,17-22,25,27-28H2,1-3H3,(H,48,53)(H,49,54)/t37-,39+,40+,42-/m0/s1. The van der Waals surface area contributed by atoms with Crippen LogP contribution in [0.15, 0.2) is 90.5 Å². The molecular weight excluding hydrogens is 753 g/mol. The van der Waals surface area contributed by atoms with Gasteiger partial charge in [0.15, 0.2) is 5.79 Å². The van der Waals surface area contributed by atoms with Gasteiger partial charge in [0, 0.05) is 42.4 Å². The molecule has 3 fully saturated rings. The lowest BCUT2D eigenvalue weighted by Crippen LogP contribution is -2.44. The zero-order valence-corrected chi connectivity index (χ0v) is 33.9. The lowest BCUT2D eigenvalue weighted by atomic mass is 9.91. The van der Waals surface area contributed by atoms with Gasteiger partial charge in [-0.25, -0.2) is 4.79 Å². The fourth-order valence-electron chi connectivity index (χ4n) is 7.83. The minimum absolute atomic E-state index is 0.0410. The topological polar surface area (TPSA) is 170 Å². The first kappa shape index (κ1) is 41.8. The molecule has 4 N–H and O–H groups in total. The molecule has 3 aromatic rings. The lowest BCUT2D eigenvalue weighted by molar-refractivity contribution is -0.209. The van der Waals surface area contributed by atoms with Crippen LogP contribution in [0.1, 0.15) is 103 Å². The third kappa shape index (κ3) is 10.7. The average Bonchev–Trinajstić information content (AvgIpc) is 4.16. The van der Waals surface area contributed by atoms with Gasteiger partial charge in [-0.3, -0.25) is 14.4 Å². The van der Waals surface area contributed by atoms with Crippen molar-refractivity contribution in [2.75, 3.05) is 6.61 Å². The van der Waals surface area contributed by atoms with Gasteiger partial charge in [0.2, 0.25) is 5.91 Å². The summed E-state index contributed by atoms with van der Waals surface area (Å²) in [6.45, 7) is 5.10. The van der Waals surface area contributed by atoms with Gasteiger partial charge in [0.1, 0.15) is 29.7 Å². The van der Waals surface area contributed by atoms with Crippen molar-refractivity contribution in [1.82, 2.24) is 10.6 Å². The summed E-state index contributed by atoms with van der Waals surface area (Å²) < 4.78 is 25.0. The molecule has 0 bridgehead atoms. The van der Waals surface area contributed by atoms with Crippen LogP contribution >= 0.6 is 0 Å². The van der Waals surface area contributed by atoms with E-state index in [0.717, 1.165) is 36.8 Å². The summed E-state index contributed by atoms with van der Waals surface area (Å²) in [6, 6.07) is 20.4. The normalized spacial score (nSPS) is 21.6. The van der Waals surface area contributed by atoms with E-state index in [-0.39, 0.29) is 55.9 Å². The smallest absolute Gasteiger partial charge is 0.338 e. The summed E-state index contributed by atoms with van der Waals surface area (Å²) in [7, 11) is 0. The number of carbonyl (C=O) groups is 4. The van der Waals surface area contributed by atoms with Gasteiger partial charge in [-0.05, 0) is 112 Å². The number of aliphatic hydroxyl groups is 1. The number of fused-ring (bicyclic) bond motifs is 1. The van der Waals surface area contributed by atoms with Crippen molar-refractivity contribution in [2.45, 2.75) is 114 Å². The van der Waals surface area contributed by atoms with Crippen LogP contribution in [0.4, 0.5) is 0 Å². The first-order valence-electron chi connectivity index (χ1n) is 20.6. The summed E-state index contributed by atoms with van der Waals surface area (Å²) in [6.07, 6.45) is 8.63. The molecule has 4 aliphatic rings. The van der Waals surface area contributed by atoms with E-state index < -0.39 is 53.6 Å². The van der Waals surface area contributed by atoms with Crippen molar-refractivity contribution in [3.8, 4) is 5.75 Å². The van der Waals surface area contributed by atoms with Crippen LogP contribution in [0.5, 0.6) is 5.75 Å². The Kier molecular flexibility index (Phi) is 12.7. The minimum atomic E-state index is -0.778. The predicted molar refractivity (Wildman–Crippen MR) is 219 cm³/mol. The summed E-state index contributed by atoms with van der Waals surface area (Å²) in [4.78, 5) is 52.9. The third-order valence-corrected chi connectivity index (χ3v) is 11.0. The van der Waals surface area contributed by atoms with E-state index in [9.17, 15) is 29.4 Å². The summed E-state index contributed by atoms with van der Waals surface area (Å²) in [5.41, 5.74) is 2.75. The zero-order valence-electron chi connectivity index (χ0n) is 33.9. The monoisotopic (exact) mass is 806 g/mol. The highest BCUT2D eigenvalue weighted by atomic mass is 16.8. The van der Waals surface area contributed by atoms with E-state index in [2.05, 4.69) is 10.6 Å². The van der Waals surface area contributed by atoms with Crippen molar-refractivity contribution < 1.29 is 48.3 Å². The molecule has 1 aliphatic heterocycles. The molecule has 0 spiro atoms. The Hall–Kier alpha value is -5.30. The van der Waals surface area contributed by atoms with Gasteiger partial charge in [0.25, 0.3) is 5.91 Å². The number of benzene rings is 3. The van der Waals surface area contributed by atoms with Crippen LogP contribution in [0.2, 0.25) is 0 Å². The number of ether oxygens (including phenoxy) is 4. The number of phenolic OH excluding ortho intramolecular Hbond substituents is 1. The van der Waals surface area contributed by atoms with Crippen LogP contribution < -0.4 is 10.6 Å². The lowest BCUT2D eigenvalue weighted by Gasteiger charge is -2.31. The molecule has 3 aromatic carbocycles. The van der Waals surface area contributed by atoms with Crippen LogP contribution in [-0.2, 0) is 41.5 Å². The quantitative estimate of drug-likeness (QED) is 0.120. The number of aromatic hydroxyl groups is 1. The largest absolute Gasteiger partial charge is 0.508 e. The number of phenols is 1. The SMILES string of the molecule is CC(C)(C)OC(=O)CC[C@@H](CO)NC(=O)c1cccc(CNC(=O)C2=C[C@H]3OC(C4CC4)(C4CC4)O[C@H]3[C@H](OC(=O)c3cccc(C=CCc4ccccc4O)c3)C2)c1. The number of hydrogen-bond donors (Lipinski definition) is 4. The molecule has 0 unspecified atom stereocenters. The molecule has 0 radical (unpaired) electrons. The first-order valence-corrected chi connectivity index (χ1v) is 20.6. The van der Waals surface area contributed by atoms with Gasteiger partial charge < -0.3 is 39.8 Å². The van der Waals surface area contributed by atoms with Crippen LogP contribution in [0.25, 0.3) is 6.08 Å². The van der Waals surface area contributed by atoms with Crippen LogP contribution in [-0.4, -0.2) is 76.3 Å². The van der Waals surface area contributed by atoms with Crippen molar-refractivity contribution in [3.05, 3.63) is 118 Å². The molecule has 7 rings (SSSR count). The summed E-state index contributed by atoms with van der Waals surface area (Å²) >= 11 is 0. The van der Waals surface area contributed by atoms with Gasteiger partial charge in [-0.1, -0.05) is 54.6 Å². The highest BCUT2D eigenvalue weighted by Crippen LogP contribution is 2.59. The Morgan fingerprint density at radius 2 is 1.64 bits per heavy atom. The molecule has 3 aliphatic carbocycles. The van der Waals surface area contributed by atoms with E-state index in [4.69, 9.17) is 18.9 Å². The Balaban J connectivity index is 1.000. The number of esters is 2. The Morgan fingerprint density at radius 3 is 2.36 bits per heavy atom. The third-order valence-electron chi connectivity index (χ3n) is 11.0. The number of nitrogens with one attached hydrogen (secondary N) is 2. The van der Waals surface area contributed by atoms with Crippen LogP contribution in [0.3, 0.4) is 0 Å². The molecule has 59 heavy (non-hydrogen) atoms. The highest BCUT2D eigenvalue weighted by Gasteiger charge is 2.64. The number of hydrogen-bond acceptors (Lipinski definition) is 10. The molecule has 312 valence electrons. The van der Waals surface area contributed by atoms with E-state index in [1.807, 2.05) is 36.4 Å². The molecule has 2 saturated carbocycles. The molecule has 0 aromatic heterocycles. The number of rotatable bonds is 16. The van der Waals surface area contributed by atoms with Crippen molar-refractivity contribution in [2.24, 2.45) is 11.8 Å². The number of allylic oxidation sites excluding steroid dienone is 1. The van der Waals surface area contributed by atoms with Crippen molar-refractivity contribution in [1.29, 1.82) is 0 Å². The van der Waals surface area contributed by atoms with Gasteiger partial charge >= 0.3 is 11.9 Å². The van der Waals surface area contributed by atoms with Crippen molar-refractivity contribution >= 4 is 29.8 Å². The fourth-order valence-corrected chi connectivity index (χ4v) is 7.83. The van der Waals surface area contributed by atoms with E-state index >= 15 is 0 Å². The van der Waals surface area contributed by atoms with E-state index in [1.165, 1.54) is 0 Å². The molecule has 1 saturated heterocycles. The second-order valence-corrected chi connectivity index (χ2v) is 17.0. The highest BCUT2D eigenvalue weighted by molar-refractivity contribution is 5.95. The zero-order chi connectivity index (χ0) is 41.7. The molecule has 4 atom stereocenters. The maximum atomic E-state index is 13.8. The molecule has 12 nitrogen and oxygen atoms in total. The molecule has 12 heteroatoms. The molecule has 1 heterocycles. The van der Waals surface area contributed by atoms with Gasteiger partial charge in [-0.2, -0.15) is 0 Å². The van der Waals surface area contributed by atoms with E-state index in [0.29, 0.717) is 28.7 Å². The first-order chi connectivity index (χ1) is 28.3. The van der Waals surface area contributed by atoms with Crippen LogP contribution in [0, 0.1) is 11.8 Å². The number of para-hydroxylation sites is 1. The maximum Gasteiger partial charge on any atom is 0.338 e. The predicted octanol–water partition coefficient (Wildman–Crippen LogP) is 6.33. The van der Waals surface area contributed by atoms with Crippen molar-refractivity contribution in [3.63, 3.8) is 0 Å². The summed E-state index contributed by atoms with van der Waals surface area (Å²) in [5, 5.41) is 25.7. The number of amides is 2. The molecular formula is C47H54N2O10. The van der Waals surface area contributed by atoms with Gasteiger partial charge in [-0.15, -0.1) is 0 Å². The van der Waals surface area contributed by atoms with E-state index in [1.54, 1.807) is 75.4 Å². The summed E-state index contributed by atoms with van der Waals surface area (Å²) in [5.74, 6) is -1.70. The molecule has 2 amide bonds. The Bertz CT molecular complexity index is 2080. The maximum absolute atomic E-state index is 13.8. The second kappa shape index (κ2) is 17.9. The minimum Gasteiger partial charge on any atom is -0.508 e. The Morgan fingerprint density at radius 1 is 0.915 bits per heavy atom. The number of carbonyl (C=O) groups excluding carboxylic acids is 4.